The zero-order valence-electron chi connectivity index (χ0n) is 17.2. The second-order valence-corrected chi connectivity index (χ2v) is 7.85. The zero-order valence-corrected chi connectivity index (χ0v) is 17.9. The minimum atomic E-state index is -0.242. The van der Waals surface area contributed by atoms with Gasteiger partial charge in [0.15, 0.2) is 5.76 Å². The van der Waals surface area contributed by atoms with Crippen molar-refractivity contribution in [3.8, 4) is 0 Å². The first kappa shape index (κ1) is 21.1. The molecular weight excluding hydrogens is 390 g/mol. The Balaban J connectivity index is 1.72. The molecule has 6 nitrogen and oxygen atoms in total. The Morgan fingerprint density at radius 3 is 2.52 bits per heavy atom. The third-order valence-corrected chi connectivity index (χ3v) is 5.11. The molecule has 1 atom stereocenters. The number of benzene rings is 1. The monoisotopic (exact) mass is 415 g/mol. The summed E-state index contributed by atoms with van der Waals surface area (Å²) in [5.41, 5.74) is 2.82. The van der Waals surface area contributed by atoms with Gasteiger partial charge in [0.05, 0.1) is 11.7 Å². The molecule has 154 valence electrons. The molecule has 29 heavy (non-hydrogen) atoms. The van der Waals surface area contributed by atoms with E-state index in [9.17, 15) is 4.79 Å². The highest BCUT2D eigenvalue weighted by Gasteiger charge is 2.19. The van der Waals surface area contributed by atoms with Crippen LogP contribution in [0.2, 0.25) is 5.02 Å². The molecule has 2 heterocycles. The van der Waals surface area contributed by atoms with Crippen LogP contribution in [0.3, 0.4) is 0 Å². The lowest BCUT2D eigenvalue weighted by molar-refractivity contribution is 0.0903. The van der Waals surface area contributed by atoms with E-state index in [0.29, 0.717) is 17.2 Å². The second-order valence-electron chi connectivity index (χ2n) is 7.42. The van der Waals surface area contributed by atoms with Crippen LogP contribution in [-0.2, 0) is 6.42 Å². The van der Waals surface area contributed by atoms with Crippen molar-refractivity contribution in [2.24, 2.45) is 0 Å². The molecule has 0 spiro atoms. The number of nitrogens with one attached hydrogen (secondary N) is 1. The average molecular weight is 416 g/mol. The summed E-state index contributed by atoms with van der Waals surface area (Å²) < 4.78 is 11.0. The summed E-state index contributed by atoms with van der Waals surface area (Å²) >= 11 is 6.01. The van der Waals surface area contributed by atoms with Crippen LogP contribution >= 0.6 is 11.6 Å². The first-order chi connectivity index (χ1) is 13.8. The Bertz CT molecular complexity index is 941. The molecule has 3 rings (SSSR count). The van der Waals surface area contributed by atoms with Crippen molar-refractivity contribution in [1.29, 1.82) is 0 Å². The van der Waals surface area contributed by atoms with Crippen molar-refractivity contribution in [3.63, 3.8) is 0 Å². The van der Waals surface area contributed by atoms with Crippen molar-refractivity contribution in [3.05, 3.63) is 75.5 Å². The third-order valence-electron chi connectivity index (χ3n) is 4.86. The standard InChI is InChI=1S/C22H26ClN3O3/c1-14-19(15(2)29-25-14)13-18-9-10-21(28-18)22(27)24-20(11-12-26(3)4)16-5-7-17(23)8-6-16/h5-10,20H,11-13H2,1-4H3,(H,24,27). The van der Waals surface area contributed by atoms with Crippen LogP contribution < -0.4 is 5.32 Å². The quantitative estimate of drug-likeness (QED) is 0.584. The average Bonchev–Trinajstić information content (AvgIpc) is 3.28. The number of carbonyl (C=O) groups is 1. The van der Waals surface area contributed by atoms with E-state index < -0.39 is 0 Å². The highest BCUT2D eigenvalue weighted by molar-refractivity contribution is 6.30. The van der Waals surface area contributed by atoms with Gasteiger partial charge < -0.3 is 19.2 Å². The molecule has 2 aromatic heterocycles. The summed E-state index contributed by atoms with van der Waals surface area (Å²) in [6.45, 7) is 4.60. The fourth-order valence-corrected chi connectivity index (χ4v) is 3.28. The minimum absolute atomic E-state index is 0.140. The first-order valence-corrected chi connectivity index (χ1v) is 9.93. The largest absolute Gasteiger partial charge is 0.456 e. The molecule has 1 unspecified atom stereocenters. The lowest BCUT2D eigenvalue weighted by Gasteiger charge is -2.21. The van der Waals surface area contributed by atoms with E-state index in [-0.39, 0.29) is 17.7 Å². The Labute approximate surface area is 175 Å². The SMILES string of the molecule is Cc1noc(C)c1Cc1ccc(C(=O)NC(CCN(C)C)c2ccc(Cl)cc2)o1. The van der Waals surface area contributed by atoms with Gasteiger partial charge in [-0.15, -0.1) is 0 Å². The van der Waals surface area contributed by atoms with Gasteiger partial charge in [-0.2, -0.15) is 0 Å². The van der Waals surface area contributed by atoms with Gasteiger partial charge >= 0.3 is 0 Å². The number of aryl methyl sites for hydroxylation is 2. The van der Waals surface area contributed by atoms with Crippen LogP contribution in [0.1, 0.15) is 51.4 Å². The van der Waals surface area contributed by atoms with Crippen LogP contribution in [0.25, 0.3) is 0 Å². The number of carbonyl (C=O) groups excluding carboxylic acids is 1. The van der Waals surface area contributed by atoms with Gasteiger partial charge in [0.2, 0.25) is 0 Å². The predicted molar refractivity (Wildman–Crippen MR) is 112 cm³/mol. The number of rotatable bonds is 8. The highest BCUT2D eigenvalue weighted by atomic mass is 35.5. The summed E-state index contributed by atoms with van der Waals surface area (Å²) in [4.78, 5) is 14.9. The molecule has 1 amide bonds. The molecule has 1 aromatic carbocycles. The number of hydrogen-bond acceptors (Lipinski definition) is 5. The lowest BCUT2D eigenvalue weighted by Crippen LogP contribution is -2.30. The van der Waals surface area contributed by atoms with Gasteiger partial charge in [-0.25, -0.2) is 0 Å². The number of amides is 1. The van der Waals surface area contributed by atoms with E-state index in [0.717, 1.165) is 35.5 Å². The van der Waals surface area contributed by atoms with Gasteiger partial charge in [-0.3, -0.25) is 4.79 Å². The van der Waals surface area contributed by atoms with Crippen LogP contribution in [-0.4, -0.2) is 36.6 Å². The Kier molecular flexibility index (Phi) is 6.77. The van der Waals surface area contributed by atoms with E-state index in [1.165, 1.54) is 0 Å². The van der Waals surface area contributed by atoms with Gasteiger partial charge in [-0.1, -0.05) is 28.9 Å². The van der Waals surface area contributed by atoms with E-state index in [4.69, 9.17) is 20.5 Å². The molecular formula is C22H26ClN3O3. The summed E-state index contributed by atoms with van der Waals surface area (Å²) in [6.07, 6.45) is 1.31. The van der Waals surface area contributed by atoms with Crippen molar-refractivity contribution >= 4 is 17.5 Å². The smallest absolute Gasteiger partial charge is 0.287 e. The first-order valence-electron chi connectivity index (χ1n) is 9.55. The Hall–Kier alpha value is -2.57. The molecule has 0 radical (unpaired) electrons. The summed E-state index contributed by atoms with van der Waals surface area (Å²) in [5, 5.41) is 7.71. The number of nitrogens with zero attached hydrogens (tertiary/aromatic N) is 2. The number of halogens is 1. The van der Waals surface area contributed by atoms with E-state index in [1.54, 1.807) is 6.07 Å². The molecule has 3 aromatic rings. The maximum Gasteiger partial charge on any atom is 0.287 e. The number of aromatic nitrogens is 1. The van der Waals surface area contributed by atoms with Crippen molar-refractivity contribution < 1.29 is 13.7 Å². The van der Waals surface area contributed by atoms with E-state index in [1.807, 2.05) is 58.3 Å². The Morgan fingerprint density at radius 2 is 1.90 bits per heavy atom. The van der Waals surface area contributed by atoms with Gasteiger partial charge in [0.1, 0.15) is 11.5 Å². The van der Waals surface area contributed by atoms with Crippen molar-refractivity contribution in [1.82, 2.24) is 15.4 Å². The molecule has 0 aliphatic rings. The fourth-order valence-electron chi connectivity index (χ4n) is 3.16. The minimum Gasteiger partial charge on any atom is -0.456 e. The molecule has 7 heteroatoms. The van der Waals surface area contributed by atoms with Crippen LogP contribution in [0.15, 0.2) is 45.3 Å². The van der Waals surface area contributed by atoms with Crippen LogP contribution in [0, 0.1) is 13.8 Å². The van der Waals surface area contributed by atoms with Crippen molar-refractivity contribution in [2.75, 3.05) is 20.6 Å². The Morgan fingerprint density at radius 1 is 1.17 bits per heavy atom. The summed E-state index contributed by atoms with van der Waals surface area (Å²) in [7, 11) is 4.02. The van der Waals surface area contributed by atoms with E-state index >= 15 is 0 Å². The molecule has 0 saturated carbocycles. The maximum atomic E-state index is 12.8. The zero-order chi connectivity index (χ0) is 21.0. The highest BCUT2D eigenvalue weighted by Crippen LogP contribution is 2.22. The third kappa shape index (κ3) is 5.49. The number of furan rings is 1. The number of hydrogen-bond donors (Lipinski definition) is 1. The molecule has 0 aliphatic carbocycles. The van der Waals surface area contributed by atoms with Crippen LogP contribution in [0.5, 0.6) is 0 Å². The normalized spacial score (nSPS) is 12.3. The maximum absolute atomic E-state index is 12.8. The van der Waals surface area contributed by atoms with Gasteiger partial charge in [0, 0.05) is 17.0 Å². The second kappa shape index (κ2) is 9.29. The van der Waals surface area contributed by atoms with Gasteiger partial charge in [-0.05, 0) is 70.7 Å². The topological polar surface area (TPSA) is 71.5 Å². The molecule has 1 N–H and O–H groups in total. The molecule has 0 bridgehead atoms. The molecule has 0 aliphatic heterocycles. The van der Waals surface area contributed by atoms with Crippen LogP contribution in [0.4, 0.5) is 0 Å². The lowest BCUT2D eigenvalue weighted by atomic mass is 10.0. The molecule has 0 fully saturated rings. The van der Waals surface area contributed by atoms with Gasteiger partial charge in [0.25, 0.3) is 5.91 Å². The fraction of sp³-hybridized carbons (Fsp3) is 0.364. The summed E-state index contributed by atoms with van der Waals surface area (Å²) in [5.74, 6) is 1.50. The van der Waals surface area contributed by atoms with E-state index in [2.05, 4.69) is 15.4 Å². The molecule has 0 saturated heterocycles. The predicted octanol–water partition coefficient (Wildman–Crippen LogP) is 4.55. The summed E-state index contributed by atoms with van der Waals surface area (Å²) in [6, 6.07) is 10.9. The van der Waals surface area contributed by atoms with Crippen molar-refractivity contribution in [2.45, 2.75) is 32.7 Å².